The molecule has 1 aromatic carbocycles. The first-order chi connectivity index (χ1) is 9.11. The number of alkyl halides is 1. The van der Waals surface area contributed by atoms with Crippen LogP contribution in [0, 0.1) is 11.8 Å². The highest BCUT2D eigenvalue weighted by molar-refractivity contribution is 6.17. The van der Waals surface area contributed by atoms with Crippen LogP contribution >= 0.6 is 11.6 Å². The van der Waals surface area contributed by atoms with Crippen molar-refractivity contribution in [2.75, 3.05) is 0 Å². The molecule has 0 saturated heterocycles. The standard InChI is InChI=1S/C16H22ClNO/c1-11-5-3-8-15(12(11)2)18-16(19)14-7-4-6-13(9-14)10-17/h4,6-7,9,11-12,15H,3,5,8,10H2,1-2H3,(H,18,19). The summed E-state index contributed by atoms with van der Waals surface area (Å²) < 4.78 is 0. The Bertz CT molecular complexity index is 446. The van der Waals surface area contributed by atoms with E-state index in [1.54, 1.807) is 0 Å². The van der Waals surface area contributed by atoms with Gasteiger partial charge in [0.15, 0.2) is 0 Å². The predicted octanol–water partition coefficient (Wildman–Crippen LogP) is 3.98. The van der Waals surface area contributed by atoms with Crippen molar-refractivity contribution in [2.24, 2.45) is 11.8 Å². The molecule has 3 heteroatoms. The van der Waals surface area contributed by atoms with Gasteiger partial charge in [-0.15, -0.1) is 11.6 Å². The van der Waals surface area contributed by atoms with Gasteiger partial charge in [-0.3, -0.25) is 4.79 Å². The van der Waals surface area contributed by atoms with Crippen molar-refractivity contribution >= 4 is 17.5 Å². The first kappa shape index (κ1) is 14.4. The number of hydrogen-bond donors (Lipinski definition) is 1. The Kier molecular flexibility index (Phi) is 4.87. The third-order valence-corrected chi connectivity index (χ3v) is 4.68. The summed E-state index contributed by atoms with van der Waals surface area (Å²) in [4.78, 5) is 12.3. The number of hydrogen-bond acceptors (Lipinski definition) is 1. The number of amides is 1. The second-order valence-corrected chi connectivity index (χ2v) is 5.95. The molecular formula is C16H22ClNO. The molecule has 3 unspecified atom stereocenters. The van der Waals surface area contributed by atoms with Gasteiger partial charge in [0.2, 0.25) is 0 Å². The van der Waals surface area contributed by atoms with Crippen LogP contribution in [0.15, 0.2) is 24.3 Å². The zero-order valence-electron chi connectivity index (χ0n) is 11.7. The minimum absolute atomic E-state index is 0.0258. The van der Waals surface area contributed by atoms with Crippen LogP contribution < -0.4 is 5.32 Å². The Balaban J connectivity index is 2.03. The van der Waals surface area contributed by atoms with E-state index in [0.29, 0.717) is 29.3 Å². The molecule has 1 aliphatic rings. The lowest BCUT2D eigenvalue weighted by atomic mass is 9.78. The lowest BCUT2D eigenvalue weighted by Crippen LogP contribution is -2.43. The van der Waals surface area contributed by atoms with Gasteiger partial charge < -0.3 is 5.32 Å². The van der Waals surface area contributed by atoms with E-state index in [0.717, 1.165) is 12.0 Å². The molecule has 0 aromatic heterocycles. The van der Waals surface area contributed by atoms with Crippen LogP contribution in [-0.2, 0) is 5.88 Å². The Hall–Kier alpha value is -1.02. The number of halogens is 1. The minimum Gasteiger partial charge on any atom is -0.349 e. The summed E-state index contributed by atoms with van der Waals surface area (Å²) in [6.45, 7) is 4.51. The first-order valence-corrected chi connectivity index (χ1v) is 7.61. The molecule has 0 aliphatic heterocycles. The smallest absolute Gasteiger partial charge is 0.251 e. The van der Waals surface area contributed by atoms with Crippen LogP contribution in [0.5, 0.6) is 0 Å². The van der Waals surface area contributed by atoms with Gasteiger partial charge in [-0.05, 0) is 36.0 Å². The fourth-order valence-electron chi connectivity index (χ4n) is 2.83. The van der Waals surface area contributed by atoms with Gasteiger partial charge in [-0.2, -0.15) is 0 Å². The Morgan fingerprint density at radius 2 is 2.16 bits per heavy atom. The van der Waals surface area contributed by atoms with Gasteiger partial charge in [-0.1, -0.05) is 38.8 Å². The average Bonchev–Trinajstić information content (AvgIpc) is 2.44. The van der Waals surface area contributed by atoms with Crippen LogP contribution in [0.25, 0.3) is 0 Å². The molecule has 0 bridgehead atoms. The zero-order chi connectivity index (χ0) is 13.8. The molecule has 0 heterocycles. The van der Waals surface area contributed by atoms with Gasteiger partial charge in [0.05, 0.1) is 0 Å². The van der Waals surface area contributed by atoms with Crippen molar-refractivity contribution in [1.29, 1.82) is 0 Å². The number of carbonyl (C=O) groups is 1. The van der Waals surface area contributed by atoms with E-state index >= 15 is 0 Å². The van der Waals surface area contributed by atoms with Crippen LogP contribution in [0.1, 0.15) is 49.0 Å². The van der Waals surface area contributed by atoms with Crippen molar-refractivity contribution in [3.05, 3.63) is 35.4 Å². The fourth-order valence-corrected chi connectivity index (χ4v) is 3.00. The summed E-state index contributed by atoms with van der Waals surface area (Å²) in [7, 11) is 0. The maximum atomic E-state index is 12.3. The molecule has 1 saturated carbocycles. The third-order valence-electron chi connectivity index (χ3n) is 4.37. The van der Waals surface area contributed by atoms with Crippen molar-refractivity contribution in [2.45, 2.75) is 45.0 Å². The van der Waals surface area contributed by atoms with Crippen molar-refractivity contribution in [3.63, 3.8) is 0 Å². The topological polar surface area (TPSA) is 29.1 Å². The molecule has 1 aromatic rings. The quantitative estimate of drug-likeness (QED) is 0.833. The summed E-state index contributed by atoms with van der Waals surface area (Å²) in [5.74, 6) is 1.71. The Morgan fingerprint density at radius 1 is 1.37 bits per heavy atom. The summed E-state index contributed by atoms with van der Waals surface area (Å²) in [6, 6.07) is 7.85. The number of rotatable bonds is 3. The van der Waals surface area contributed by atoms with E-state index in [-0.39, 0.29) is 5.91 Å². The highest BCUT2D eigenvalue weighted by Crippen LogP contribution is 2.29. The molecule has 0 radical (unpaired) electrons. The van der Waals surface area contributed by atoms with Crippen LogP contribution in [0.4, 0.5) is 0 Å². The van der Waals surface area contributed by atoms with Crippen LogP contribution in [-0.4, -0.2) is 11.9 Å². The van der Waals surface area contributed by atoms with Crippen molar-refractivity contribution in [1.82, 2.24) is 5.32 Å². The van der Waals surface area contributed by atoms with Crippen LogP contribution in [0.2, 0.25) is 0 Å². The lowest BCUT2D eigenvalue weighted by Gasteiger charge is -2.34. The van der Waals surface area contributed by atoms with Gasteiger partial charge in [-0.25, -0.2) is 0 Å². The van der Waals surface area contributed by atoms with Crippen molar-refractivity contribution in [3.8, 4) is 0 Å². The molecule has 19 heavy (non-hydrogen) atoms. The highest BCUT2D eigenvalue weighted by atomic mass is 35.5. The average molecular weight is 280 g/mol. The normalized spacial score (nSPS) is 27.0. The van der Waals surface area contributed by atoms with E-state index < -0.39 is 0 Å². The van der Waals surface area contributed by atoms with Crippen molar-refractivity contribution < 1.29 is 4.79 Å². The van der Waals surface area contributed by atoms with Gasteiger partial charge >= 0.3 is 0 Å². The second kappa shape index (κ2) is 6.42. The maximum Gasteiger partial charge on any atom is 0.251 e. The maximum absolute atomic E-state index is 12.3. The Labute approximate surface area is 120 Å². The monoisotopic (exact) mass is 279 g/mol. The van der Waals surface area contributed by atoms with E-state index in [9.17, 15) is 4.79 Å². The fraction of sp³-hybridized carbons (Fsp3) is 0.562. The molecule has 2 nitrogen and oxygen atoms in total. The van der Waals surface area contributed by atoms with E-state index in [4.69, 9.17) is 11.6 Å². The SMILES string of the molecule is CC1CCCC(NC(=O)c2cccc(CCl)c2)C1C. The lowest BCUT2D eigenvalue weighted by molar-refractivity contribution is 0.0891. The molecule has 1 N–H and O–H groups in total. The Morgan fingerprint density at radius 3 is 2.89 bits per heavy atom. The summed E-state index contributed by atoms with van der Waals surface area (Å²) in [5, 5.41) is 3.18. The van der Waals surface area contributed by atoms with Crippen LogP contribution in [0.3, 0.4) is 0 Å². The number of benzene rings is 1. The second-order valence-electron chi connectivity index (χ2n) is 5.68. The third kappa shape index (κ3) is 3.50. The molecule has 1 fully saturated rings. The minimum atomic E-state index is 0.0258. The molecule has 1 amide bonds. The first-order valence-electron chi connectivity index (χ1n) is 7.07. The predicted molar refractivity (Wildman–Crippen MR) is 79.4 cm³/mol. The molecule has 104 valence electrons. The van der Waals surface area contributed by atoms with Gasteiger partial charge in [0.25, 0.3) is 5.91 Å². The highest BCUT2D eigenvalue weighted by Gasteiger charge is 2.28. The summed E-state index contributed by atoms with van der Waals surface area (Å²) in [6.07, 6.45) is 3.57. The summed E-state index contributed by atoms with van der Waals surface area (Å²) >= 11 is 5.81. The van der Waals surface area contributed by atoms with Gasteiger partial charge in [0.1, 0.15) is 0 Å². The largest absolute Gasteiger partial charge is 0.349 e. The number of carbonyl (C=O) groups excluding carboxylic acids is 1. The van der Waals surface area contributed by atoms with Gasteiger partial charge in [0, 0.05) is 17.5 Å². The zero-order valence-corrected chi connectivity index (χ0v) is 12.4. The van der Waals surface area contributed by atoms with E-state index in [1.807, 2.05) is 24.3 Å². The summed E-state index contributed by atoms with van der Waals surface area (Å²) in [5.41, 5.74) is 1.70. The molecule has 0 spiro atoms. The van der Waals surface area contributed by atoms with E-state index in [2.05, 4.69) is 19.2 Å². The molecule has 1 aliphatic carbocycles. The van der Waals surface area contributed by atoms with E-state index in [1.165, 1.54) is 12.8 Å². The molecule has 3 atom stereocenters. The number of nitrogens with one attached hydrogen (secondary N) is 1. The molecular weight excluding hydrogens is 258 g/mol. The molecule has 2 rings (SSSR count).